The number of hydrogen-bond acceptors (Lipinski definition) is 4. The van der Waals surface area contributed by atoms with Crippen LogP contribution in [0.5, 0.6) is 0 Å². The first-order valence-electron chi connectivity index (χ1n) is 6.12. The molecule has 19 heavy (non-hydrogen) atoms. The molecule has 0 saturated heterocycles. The molecule has 1 amide bonds. The van der Waals surface area contributed by atoms with Crippen LogP contribution < -0.4 is 11.1 Å². The maximum atomic E-state index is 12.0. The van der Waals surface area contributed by atoms with Crippen LogP contribution in [-0.2, 0) is 6.42 Å². The number of thiophene rings is 1. The van der Waals surface area contributed by atoms with Gasteiger partial charge in [-0.25, -0.2) is 0 Å². The number of carbonyl (C=O) groups is 1. The monoisotopic (exact) mass is 275 g/mol. The summed E-state index contributed by atoms with van der Waals surface area (Å²) >= 11 is 1.75. The van der Waals surface area contributed by atoms with Crippen LogP contribution in [0.1, 0.15) is 27.0 Å². The van der Waals surface area contributed by atoms with E-state index in [2.05, 4.69) is 29.4 Å². The van der Waals surface area contributed by atoms with Crippen LogP contribution in [0.4, 0.5) is 5.69 Å². The lowest BCUT2D eigenvalue weighted by atomic mass is 10.1. The molecule has 2 rings (SSSR count). The minimum Gasteiger partial charge on any atom is -0.398 e. The molecule has 2 aromatic heterocycles. The van der Waals surface area contributed by atoms with Crippen molar-refractivity contribution in [1.82, 2.24) is 10.3 Å². The molecule has 0 radical (unpaired) electrons. The van der Waals surface area contributed by atoms with Gasteiger partial charge in [-0.3, -0.25) is 9.78 Å². The molecule has 0 fully saturated rings. The van der Waals surface area contributed by atoms with Crippen LogP contribution in [0.15, 0.2) is 30.6 Å². The molecule has 0 aliphatic rings. The van der Waals surface area contributed by atoms with Gasteiger partial charge in [-0.05, 0) is 32.0 Å². The van der Waals surface area contributed by atoms with Gasteiger partial charge >= 0.3 is 0 Å². The van der Waals surface area contributed by atoms with Crippen molar-refractivity contribution >= 4 is 22.9 Å². The Bertz CT molecular complexity index is 580. The predicted molar refractivity (Wildman–Crippen MR) is 78.3 cm³/mol. The standard InChI is InChI=1S/C14H17N3OS/c1-9(7-11-4-3-10(2)19-11)17-14(18)12-8-16-6-5-13(12)15/h3-6,8-9H,7H2,1-2H3,(H2,15,16)(H,17,18). The third-order valence-electron chi connectivity index (χ3n) is 2.78. The molecule has 0 aliphatic heterocycles. The SMILES string of the molecule is Cc1ccc(CC(C)NC(=O)c2cnccc2N)s1. The summed E-state index contributed by atoms with van der Waals surface area (Å²) in [6, 6.07) is 5.88. The Labute approximate surface area is 116 Å². The van der Waals surface area contributed by atoms with Crippen LogP contribution in [0, 0.1) is 6.92 Å². The van der Waals surface area contributed by atoms with Crippen molar-refractivity contribution in [2.75, 3.05) is 5.73 Å². The molecule has 2 aromatic rings. The van der Waals surface area contributed by atoms with E-state index in [0.717, 1.165) is 6.42 Å². The van der Waals surface area contributed by atoms with Crippen molar-refractivity contribution in [3.63, 3.8) is 0 Å². The fourth-order valence-electron chi connectivity index (χ4n) is 1.84. The van der Waals surface area contributed by atoms with Gasteiger partial charge in [-0.15, -0.1) is 11.3 Å². The summed E-state index contributed by atoms with van der Waals surface area (Å²) in [5, 5.41) is 2.94. The Morgan fingerprint density at radius 1 is 1.47 bits per heavy atom. The fourth-order valence-corrected chi connectivity index (χ4v) is 2.86. The second kappa shape index (κ2) is 5.84. The highest BCUT2D eigenvalue weighted by Crippen LogP contribution is 2.17. The zero-order chi connectivity index (χ0) is 13.8. The van der Waals surface area contributed by atoms with Crippen molar-refractivity contribution in [2.45, 2.75) is 26.3 Å². The second-order valence-electron chi connectivity index (χ2n) is 4.55. The van der Waals surface area contributed by atoms with Crippen LogP contribution in [-0.4, -0.2) is 16.9 Å². The first-order chi connectivity index (χ1) is 9.06. The van der Waals surface area contributed by atoms with Gasteiger partial charge in [-0.2, -0.15) is 0 Å². The molecule has 1 atom stereocenters. The van der Waals surface area contributed by atoms with E-state index >= 15 is 0 Å². The number of nitrogens with zero attached hydrogens (tertiary/aromatic N) is 1. The average molecular weight is 275 g/mol. The van der Waals surface area contributed by atoms with Crippen molar-refractivity contribution in [3.05, 3.63) is 45.9 Å². The molecular formula is C14H17N3OS. The van der Waals surface area contributed by atoms with E-state index < -0.39 is 0 Å². The normalized spacial score (nSPS) is 12.1. The third kappa shape index (κ3) is 3.54. The van der Waals surface area contributed by atoms with E-state index in [4.69, 9.17) is 5.73 Å². The quantitative estimate of drug-likeness (QED) is 0.900. The number of hydrogen-bond donors (Lipinski definition) is 2. The number of nitrogens with one attached hydrogen (secondary N) is 1. The minimum atomic E-state index is -0.175. The summed E-state index contributed by atoms with van der Waals surface area (Å²) in [6.07, 6.45) is 3.89. The number of aromatic nitrogens is 1. The van der Waals surface area contributed by atoms with E-state index in [1.807, 2.05) is 6.92 Å². The summed E-state index contributed by atoms with van der Waals surface area (Å²) in [6.45, 7) is 4.06. The maximum Gasteiger partial charge on any atom is 0.255 e. The topological polar surface area (TPSA) is 68.0 Å². The molecule has 1 unspecified atom stereocenters. The molecule has 100 valence electrons. The minimum absolute atomic E-state index is 0.0603. The van der Waals surface area contributed by atoms with E-state index in [9.17, 15) is 4.79 Å². The number of nitrogen functional groups attached to an aromatic ring is 1. The van der Waals surface area contributed by atoms with Gasteiger partial charge in [0.2, 0.25) is 0 Å². The average Bonchev–Trinajstić information content (AvgIpc) is 2.74. The maximum absolute atomic E-state index is 12.0. The largest absolute Gasteiger partial charge is 0.398 e. The lowest BCUT2D eigenvalue weighted by Gasteiger charge is -2.13. The number of nitrogens with two attached hydrogens (primary N) is 1. The van der Waals surface area contributed by atoms with Crippen molar-refractivity contribution < 1.29 is 4.79 Å². The Morgan fingerprint density at radius 2 is 2.26 bits per heavy atom. The zero-order valence-corrected chi connectivity index (χ0v) is 11.8. The Hall–Kier alpha value is -1.88. The molecule has 0 aromatic carbocycles. The first-order valence-corrected chi connectivity index (χ1v) is 6.93. The Balaban J connectivity index is 1.97. The number of pyridine rings is 1. The smallest absolute Gasteiger partial charge is 0.255 e. The van der Waals surface area contributed by atoms with Gasteiger partial charge in [-0.1, -0.05) is 0 Å². The number of amides is 1. The van der Waals surface area contributed by atoms with Gasteiger partial charge in [0, 0.05) is 40.3 Å². The summed E-state index contributed by atoms with van der Waals surface area (Å²) in [4.78, 5) is 18.5. The second-order valence-corrected chi connectivity index (χ2v) is 5.93. The summed E-state index contributed by atoms with van der Waals surface area (Å²) in [5.74, 6) is -0.175. The third-order valence-corrected chi connectivity index (χ3v) is 3.80. The molecule has 4 nitrogen and oxygen atoms in total. The first kappa shape index (κ1) is 13.5. The van der Waals surface area contributed by atoms with E-state index in [1.165, 1.54) is 16.0 Å². The van der Waals surface area contributed by atoms with Crippen LogP contribution in [0.3, 0.4) is 0 Å². The molecule has 3 N–H and O–H groups in total. The van der Waals surface area contributed by atoms with E-state index in [1.54, 1.807) is 23.6 Å². The fraction of sp³-hybridized carbons (Fsp3) is 0.286. The van der Waals surface area contributed by atoms with Crippen LogP contribution in [0.25, 0.3) is 0 Å². The van der Waals surface area contributed by atoms with Crippen molar-refractivity contribution in [1.29, 1.82) is 0 Å². The van der Waals surface area contributed by atoms with Crippen molar-refractivity contribution in [2.24, 2.45) is 0 Å². The lowest BCUT2D eigenvalue weighted by molar-refractivity contribution is 0.0941. The molecular weight excluding hydrogens is 258 g/mol. The molecule has 2 heterocycles. The number of anilines is 1. The Morgan fingerprint density at radius 3 is 2.89 bits per heavy atom. The zero-order valence-electron chi connectivity index (χ0n) is 11.0. The number of carbonyl (C=O) groups excluding carboxylic acids is 1. The van der Waals surface area contributed by atoms with Gasteiger partial charge in [0.15, 0.2) is 0 Å². The highest BCUT2D eigenvalue weighted by Gasteiger charge is 2.13. The van der Waals surface area contributed by atoms with Gasteiger partial charge in [0.05, 0.1) is 5.56 Å². The van der Waals surface area contributed by atoms with Gasteiger partial charge in [0.1, 0.15) is 0 Å². The highest BCUT2D eigenvalue weighted by molar-refractivity contribution is 7.11. The number of rotatable bonds is 4. The van der Waals surface area contributed by atoms with Crippen LogP contribution >= 0.6 is 11.3 Å². The summed E-state index contributed by atoms with van der Waals surface area (Å²) in [5.41, 5.74) is 6.63. The highest BCUT2D eigenvalue weighted by atomic mass is 32.1. The number of aryl methyl sites for hydroxylation is 1. The molecule has 0 bridgehead atoms. The predicted octanol–water partition coefficient (Wildman–Crippen LogP) is 2.39. The van der Waals surface area contributed by atoms with E-state index in [0.29, 0.717) is 11.3 Å². The van der Waals surface area contributed by atoms with Gasteiger partial charge < -0.3 is 11.1 Å². The molecule has 5 heteroatoms. The van der Waals surface area contributed by atoms with Crippen molar-refractivity contribution in [3.8, 4) is 0 Å². The van der Waals surface area contributed by atoms with E-state index in [-0.39, 0.29) is 11.9 Å². The summed E-state index contributed by atoms with van der Waals surface area (Å²) in [7, 11) is 0. The molecule has 0 saturated carbocycles. The Kier molecular flexibility index (Phi) is 4.16. The molecule has 0 spiro atoms. The van der Waals surface area contributed by atoms with Crippen LogP contribution in [0.2, 0.25) is 0 Å². The van der Waals surface area contributed by atoms with Gasteiger partial charge in [0.25, 0.3) is 5.91 Å². The lowest BCUT2D eigenvalue weighted by Crippen LogP contribution is -2.34. The molecule has 0 aliphatic carbocycles. The summed E-state index contributed by atoms with van der Waals surface area (Å²) < 4.78 is 0.